The minimum absolute atomic E-state index is 0.0425. The van der Waals surface area contributed by atoms with Crippen LogP contribution in [0.1, 0.15) is 5.56 Å². The van der Waals surface area contributed by atoms with Crippen LogP contribution in [0, 0.1) is 21.4 Å². The van der Waals surface area contributed by atoms with Crippen molar-refractivity contribution in [2.45, 2.75) is 0 Å². The predicted molar refractivity (Wildman–Crippen MR) is 67.5 cm³/mol. The number of anilines is 2. The maximum Gasteiger partial charge on any atom is 0.310 e. The third-order valence-corrected chi connectivity index (χ3v) is 2.39. The van der Waals surface area contributed by atoms with E-state index in [0.29, 0.717) is 5.69 Å². The molecule has 2 rings (SSSR count). The highest BCUT2D eigenvalue weighted by molar-refractivity contribution is 5.73. The Morgan fingerprint density at radius 3 is 2.44 bits per heavy atom. The van der Waals surface area contributed by atoms with Gasteiger partial charge in [0.25, 0.3) is 0 Å². The first kappa shape index (κ1) is 11.6. The highest BCUT2D eigenvalue weighted by Crippen LogP contribution is 2.30. The quantitative estimate of drug-likeness (QED) is 0.658. The van der Waals surface area contributed by atoms with Gasteiger partial charge in [-0.2, -0.15) is 5.26 Å². The molecule has 0 heterocycles. The van der Waals surface area contributed by atoms with Gasteiger partial charge in [0.05, 0.1) is 4.92 Å². The van der Waals surface area contributed by atoms with Crippen molar-refractivity contribution < 1.29 is 4.92 Å². The highest BCUT2D eigenvalue weighted by atomic mass is 16.6. The molecule has 0 aromatic heterocycles. The Kier molecular flexibility index (Phi) is 3.21. The standard InChI is InChI=1S/C13H9N3O2/c14-9-10-5-4-8-12(13(10)16(17)18)15-11-6-2-1-3-7-11/h1-8,15H. The van der Waals surface area contributed by atoms with E-state index in [-0.39, 0.29) is 11.3 Å². The molecule has 0 saturated heterocycles. The second kappa shape index (κ2) is 4.97. The van der Waals surface area contributed by atoms with E-state index in [0.717, 1.165) is 5.69 Å². The van der Waals surface area contributed by atoms with Crippen molar-refractivity contribution in [1.29, 1.82) is 5.26 Å². The van der Waals surface area contributed by atoms with Crippen LogP contribution in [0.25, 0.3) is 0 Å². The second-order valence-electron chi connectivity index (χ2n) is 3.56. The SMILES string of the molecule is N#Cc1cccc(Nc2ccccc2)c1[N+](=O)[O-]. The summed E-state index contributed by atoms with van der Waals surface area (Å²) in [5.74, 6) is 0. The van der Waals surface area contributed by atoms with Crippen molar-refractivity contribution in [3.63, 3.8) is 0 Å². The Morgan fingerprint density at radius 1 is 1.11 bits per heavy atom. The van der Waals surface area contributed by atoms with Gasteiger partial charge in [-0.05, 0) is 24.3 Å². The summed E-state index contributed by atoms with van der Waals surface area (Å²) >= 11 is 0. The van der Waals surface area contributed by atoms with Crippen LogP contribution in [0.3, 0.4) is 0 Å². The molecule has 0 saturated carbocycles. The van der Waals surface area contributed by atoms with Crippen molar-refractivity contribution in [2.24, 2.45) is 0 Å². The molecule has 18 heavy (non-hydrogen) atoms. The van der Waals surface area contributed by atoms with Crippen LogP contribution in [0.4, 0.5) is 17.1 Å². The number of hydrogen-bond donors (Lipinski definition) is 1. The first-order valence-corrected chi connectivity index (χ1v) is 5.22. The van der Waals surface area contributed by atoms with Crippen LogP contribution < -0.4 is 5.32 Å². The van der Waals surface area contributed by atoms with Crippen LogP contribution in [0.15, 0.2) is 48.5 Å². The Labute approximate surface area is 103 Å². The zero-order chi connectivity index (χ0) is 13.0. The van der Waals surface area contributed by atoms with E-state index in [4.69, 9.17) is 5.26 Å². The fraction of sp³-hybridized carbons (Fsp3) is 0. The Hall–Kier alpha value is -2.87. The minimum atomic E-state index is -0.552. The van der Waals surface area contributed by atoms with Crippen LogP contribution in [0.5, 0.6) is 0 Å². The maximum atomic E-state index is 11.0. The van der Waals surface area contributed by atoms with Gasteiger partial charge in [-0.15, -0.1) is 0 Å². The molecule has 0 aliphatic rings. The Bertz CT molecular complexity index is 618. The monoisotopic (exact) mass is 239 g/mol. The van der Waals surface area contributed by atoms with Gasteiger partial charge < -0.3 is 5.32 Å². The summed E-state index contributed by atoms with van der Waals surface area (Å²) < 4.78 is 0. The zero-order valence-electron chi connectivity index (χ0n) is 9.33. The van der Waals surface area contributed by atoms with E-state index in [2.05, 4.69) is 5.32 Å². The first-order valence-electron chi connectivity index (χ1n) is 5.22. The molecule has 0 unspecified atom stereocenters. The molecule has 88 valence electrons. The molecule has 0 fully saturated rings. The summed E-state index contributed by atoms with van der Waals surface area (Å²) in [6.07, 6.45) is 0. The highest BCUT2D eigenvalue weighted by Gasteiger charge is 2.19. The number of rotatable bonds is 3. The Morgan fingerprint density at radius 2 is 1.83 bits per heavy atom. The molecular weight excluding hydrogens is 230 g/mol. The average Bonchev–Trinajstić information content (AvgIpc) is 2.39. The molecule has 2 aromatic rings. The summed E-state index contributed by atoms with van der Waals surface area (Å²) in [7, 11) is 0. The third-order valence-electron chi connectivity index (χ3n) is 2.39. The zero-order valence-corrected chi connectivity index (χ0v) is 9.33. The number of nitrogens with zero attached hydrogens (tertiary/aromatic N) is 2. The lowest BCUT2D eigenvalue weighted by Crippen LogP contribution is -1.99. The Balaban J connectivity index is 2.46. The van der Waals surface area contributed by atoms with Crippen LogP contribution >= 0.6 is 0 Å². The maximum absolute atomic E-state index is 11.0. The van der Waals surface area contributed by atoms with Crippen molar-refractivity contribution in [1.82, 2.24) is 0 Å². The topological polar surface area (TPSA) is 79.0 Å². The van der Waals surface area contributed by atoms with E-state index in [1.54, 1.807) is 24.3 Å². The number of nitro groups is 1. The normalized spacial score (nSPS) is 9.50. The van der Waals surface area contributed by atoms with Crippen molar-refractivity contribution >= 4 is 17.1 Å². The van der Waals surface area contributed by atoms with Crippen LogP contribution in [0.2, 0.25) is 0 Å². The van der Waals surface area contributed by atoms with Gasteiger partial charge in [0.2, 0.25) is 0 Å². The second-order valence-corrected chi connectivity index (χ2v) is 3.56. The van der Waals surface area contributed by atoms with Crippen molar-refractivity contribution in [2.75, 3.05) is 5.32 Å². The fourth-order valence-electron chi connectivity index (χ4n) is 1.61. The molecule has 1 N–H and O–H groups in total. The van der Waals surface area contributed by atoms with E-state index >= 15 is 0 Å². The van der Waals surface area contributed by atoms with E-state index in [1.165, 1.54) is 6.07 Å². The number of nitro benzene ring substituents is 1. The van der Waals surface area contributed by atoms with E-state index < -0.39 is 4.92 Å². The predicted octanol–water partition coefficient (Wildman–Crippen LogP) is 3.21. The molecule has 0 aliphatic heterocycles. The van der Waals surface area contributed by atoms with Gasteiger partial charge in [0.1, 0.15) is 17.3 Å². The molecule has 0 aliphatic carbocycles. The average molecular weight is 239 g/mol. The number of nitrogens with one attached hydrogen (secondary N) is 1. The number of nitriles is 1. The summed E-state index contributed by atoms with van der Waals surface area (Å²) in [5.41, 5.74) is 0.880. The molecule has 0 bridgehead atoms. The van der Waals surface area contributed by atoms with Gasteiger partial charge in [-0.3, -0.25) is 10.1 Å². The summed E-state index contributed by atoms with van der Waals surface area (Å²) in [6.45, 7) is 0. The molecule has 0 radical (unpaired) electrons. The molecule has 0 amide bonds. The number of hydrogen-bond acceptors (Lipinski definition) is 4. The number of para-hydroxylation sites is 2. The molecule has 0 atom stereocenters. The molecule has 5 heteroatoms. The van der Waals surface area contributed by atoms with Gasteiger partial charge >= 0.3 is 5.69 Å². The van der Waals surface area contributed by atoms with Crippen LogP contribution in [-0.4, -0.2) is 4.92 Å². The summed E-state index contributed by atoms with van der Waals surface area (Å²) in [5, 5.41) is 22.8. The fourth-order valence-corrected chi connectivity index (χ4v) is 1.61. The lowest BCUT2D eigenvalue weighted by Gasteiger charge is -2.07. The summed E-state index contributed by atoms with van der Waals surface area (Å²) in [4.78, 5) is 10.5. The van der Waals surface area contributed by atoms with Gasteiger partial charge in [-0.25, -0.2) is 0 Å². The largest absolute Gasteiger partial charge is 0.350 e. The first-order chi connectivity index (χ1) is 8.72. The lowest BCUT2D eigenvalue weighted by molar-refractivity contribution is -0.384. The van der Waals surface area contributed by atoms with E-state index in [1.807, 2.05) is 24.3 Å². The van der Waals surface area contributed by atoms with E-state index in [9.17, 15) is 10.1 Å². The molecule has 0 spiro atoms. The van der Waals surface area contributed by atoms with Gasteiger partial charge in [0.15, 0.2) is 0 Å². The minimum Gasteiger partial charge on any atom is -0.350 e. The van der Waals surface area contributed by atoms with Crippen molar-refractivity contribution in [3.8, 4) is 6.07 Å². The van der Waals surface area contributed by atoms with Gasteiger partial charge in [-0.1, -0.05) is 24.3 Å². The lowest BCUT2D eigenvalue weighted by atomic mass is 10.1. The number of benzene rings is 2. The smallest absolute Gasteiger partial charge is 0.310 e. The van der Waals surface area contributed by atoms with Crippen molar-refractivity contribution in [3.05, 3.63) is 64.2 Å². The van der Waals surface area contributed by atoms with Crippen LogP contribution in [-0.2, 0) is 0 Å². The van der Waals surface area contributed by atoms with Gasteiger partial charge in [0, 0.05) is 5.69 Å². The third kappa shape index (κ3) is 2.28. The molecular formula is C13H9N3O2. The molecule has 5 nitrogen and oxygen atoms in total. The molecule has 2 aromatic carbocycles. The summed E-state index contributed by atoms with van der Waals surface area (Å²) in [6, 6.07) is 15.5.